The summed E-state index contributed by atoms with van der Waals surface area (Å²) in [6.07, 6.45) is 9.44. The number of aromatic nitrogens is 5. The van der Waals surface area contributed by atoms with E-state index in [9.17, 15) is 0 Å². The molecule has 0 N–H and O–H groups in total. The molecule has 0 fully saturated rings. The molecule has 1 aliphatic carbocycles. The van der Waals surface area contributed by atoms with E-state index in [2.05, 4.69) is 173 Å². The van der Waals surface area contributed by atoms with E-state index < -0.39 is 0 Å². The lowest BCUT2D eigenvalue weighted by Gasteiger charge is -2.16. The Bertz CT molecular complexity index is 3440. The van der Waals surface area contributed by atoms with Crippen molar-refractivity contribution in [2.45, 2.75) is 12.3 Å². The highest BCUT2D eigenvalue weighted by molar-refractivity contribution is 6.36. The van der Waals surface area contributed by atoms with Crippen molar-refractivity contribution < 1.29 is 0 Å². The molecule has 5 heteroatoms. The Hall–Kier alpha value is -7.37. The molecule has 0 aliphatic heterocycles. The zero-order valence-corrected chi connectivity index (χ0v) is 30.3. The minimum absolute atomic E-state index is 0.0289. The van der Waals surface area contributed by atoms with Crippen LogP contribution >= 0.6 is 0 Å². The van der Waals surface area contributed by atoms with Crippen molar-refractivity contribution in [2.75, 3.05) is 0 Å². The molecule has 1 aliphatic rings. The van der Waals surface area contributed by atoms with Gasteiger partial charge in [0.2, 0.25) is 5.95 Å². The quantitative estimate of drug-likeness (QED) is 0.170. The Labute approximate surface area is 322 Å². The molecule has 8 aromatic carbocycles. The van der Waals surface area contributed by atoms with Crippen LogP contribution in [0.15, 0.2) is 182 Å². The lowest BCUT2D eigenvalue weighted by Crippen LogP contribution is -2.11. The fourth-order valence-electron chi connectivity index (χ4n) is 9.20. The van der Waals surface area contributed by atoms with Crippen LogP contribution in [0.5, 0.6) is 0 Å². The third-order valence-electron chi connectivity index (χ3n) is 11.6. The largest absolute Gasteiger partial charge is 0.309 e. The van der Waals surface area contributed by atoms with Crippen molar-refractivity contribution in [3.8, 4) is 23.0 Å². The molecule has 3 aromatic heterocycles. The minimum atomic E-state index is 0.0289. The summed E-state index contributed by atoms with van der Waals surface area (Å²) in [6.45, 7) is 0. The number of benzene rings is 8. The zero-order chi connectivity index (χ0) is 36.7. The van der Waals surface area contributed by atoms with Gasteiger partial charge in [-0.15, -0.1) is 0 Å². The number of fused-ring (bicyclic) bond motifs is 14. The van der Waals surface area contributed by atoms with Gasteiger partial charge in [-0.2, -0.15) is 9.97 Å². The van der Waals surface area contributed by atoms with Crippen LogP contribution in [-0.2, 0) is 0 Å². The second-order valence-electron chi connectivity index (χ2n) is 14.7. The van der Waals surface area contributed by atoms with Gasteiger partial charge >= 0.3 is 0 Å². The van der Waals surface area contributed by atoms with E-state index in [1.165, 1.54) is 54.0 Å². The Kier molecular flexibility index (Phi) is 6.69. The molecule has 0 bridgehead atoms. The van der Waals surface area contributed by atoms with Gasteiger partial charge in [0, 0.05) is 49.5 Å². The molecule has 5 nitrogen and oxygen atoms in total. The molecular weight excluding hydrogens is 683 g/mol. The second-order valence-corrected chi connectivity index (χ2v) is 14.7. The Balaban J connectivity index is 1.35. The first kappa shape index (κ1) is 31.0. The molecule has 11 aromatic rings. The van der Waals surface area contributed by atoms with Gasteiger partial charge in [-0.05, 0) is 46.2 Å². The normalized spacial score (nSPS) is 14.4. The maximum Gasteiger partial charge on any atom is 0.238 e. The Morgan fingerprint density at radius 1 is 0.446 bits per heavy atom. The summed E-state index contributed by atoms with van der Waals surface area (Å²) in [5.74, 6) is 2.07. The molecule has 56 heavy (non-hydrogen) atoms. The number of hydrogen-bond acceptors (Lipinski definition) is 3. The van der Waals surface area contributed by atoms with E-state index in [0.717, 1.165) is 45.4 Å². The van der Waals surface area contributed by atoms with Gasteiger partial charge in [0.15, 0.2) is 5.82 Å². The van der Waals surface area contributed by atoms with Crippen LogP contribution in [0.2, 0.25) is 0 Å². The van der Waals surface area contributed by atoms with Gasteiger partial charge in [-0.1, -0.05) is 164 Å². The molecule has 0 radical (unpaired) electrons. The van der Waals surface area contributed by atoms with Crippen LogP contribution in [0.4, 0.5) is 0 Å². The average molecular weight is 716 g/mol. The van der Waals surface area contributed by atoms with Crippen molar-refractivity contribution in [1.29, 1.82) is 0 Å². The maximum atomic E-state index is 5.46. The predicted octanol–water partition coefficient (Wildman–Crippen LogP) is 12.8. The van der Waals surface area contributed by atoms with Crippen molar-refractivity contribution in [3.05, 3.63) is 188 Å². The van der Waals surface area contributed by atoms with Gasteiger partial charge in [0.1, 0.15) is 5.82 Å². The standard InChI is InChI=1S/C51H33N5/c1-4-17-33(18-5-1)49-52-50(34-19-6-2-7-20-34)54-51(53-49)56-47-40-27-15-13-25-38(40)37-24-12-14-26-39(37)44(47)41-30-31-43-45(48(41)56)42-29-28-32-16-10-11-23-36(32)46(42)55(43)35-21-8-3-9-22-35/h1-19,21-31,34H,20H2. The molecule has 12 rings (SSSR count). The third-order valence-corrected chi connectivity index (χ3v) is 11.6. The summed E-state index contributed by atoms with van der Waals surface area (Å²) >= 11 is 0. The number of nitrogens with zero attached hydrogens (tertiary/aromatic N) is 5. The van der Waals surface area contributed by atoms with E-state index in [1.54, 1.807) is 0 Å². The van der Waals surface area contributed by atoms with Crippen molar-refractivity contribution in [3.63, 3.8) is 0 Å². The maximum absolute atomic E-state index is 5.46. The fourth-order valence-corrected chi connectivity index (χ4v) is 9.20. The molecule has 0 amide bonds. The molecule has 1 atom stereocenters. The monoisotopic (exact) mass is 715 g/mol. The lowest BCUT2D eigenvalue weighted by molar-refractivity contribution is 0.750. The molecular formula is C51H33N5. The van der Waals surface area contributed by atoms with E-state index >= 15 is 0 Å². The first-order valence-electron chi connectivity index (χ1n) is 19.2. The first-order chi connectivity index (χ1) is 27.8. The van der Waals surface area contributed by atoms with Crippen LogP contribution in [-0.4, -0.2) is 24.1 Å². The van der Waals surface area contributed by atoms with Crippen LogP contribution < -0.4 is 0 Å². The summed E-state index contributed by atoms with van der Waals surface area (Å²) < 4.78 is 4.81. The zero-order valence-electron chi connectivity index (χ0n) is 30.3. The first-order valence-corrected chi connectivity index (χ1v) is 19.2. The SMILES string of the molecule is C1=CCC(c2nc(-c3ccccc3)nc(-n3c4c5ccccc5c5ccccc5c4c4ccc5c(c6ccc7ccccc7c6n5-c5ccccc5)c43)n2)C=C1. The molecule has 3 heterocycles. The number of rotatable bonds is 4. The van der Waals surface area contributed by atoms with E-state index in [1.807, 2.05) is 18.2 Å². The molecule has 0 spiro atoms. The smallest absolute Gasteiger partial charge is 0.238 e. The lowest BCUT2D eigenvalue weighted by atomic mass is 9.96. The predicted molar refractivity (Wildman–Crippen MR) is 232 cm³/mol. The summed E-state index contributed by atoms with van der Waals surface area (Å²) in [4.78, 5) is 16.1. The summed E-state index contributed by atoms with van der Waals surface area (Å²) in [7, 11) is 0. The van der Waals surface area contributed by atoms with Gasteiger partial charge in [-0.3, -0.25) is 4.57 Å². The van der Waals surface area contributed by atoms with Crippen LogP contribution in [0.25, 0.3) is 99.0 Å². The Morgan fingerprint density at radius 3 is 1.88 bits per heavy atom. The van der Waals surface area contributed by atoms with Gasteiger partial charge < -0.3 is 4.57 Å². The molecule has 1 unspecified atom stereocenters. The summed E-state index contributed by atoms with van der Waals surface area (Å²) in [5.41, 5.74) is 6.57. The van der Waals surface area contributed by atoms with Crippen LogP contribution in [0.3, 0.4) is 0 Å². The van der Waals surface area contributed by atoms with E-state index in [0.29, 0.717) is 11.8 Å². The third kappa shape index (κ3) is 4.45. The molecule has 262 valence electrons. The van der Waals surface area contributed by atoms with Crippen molar-refractivity contribution >= 4 is 75.9 Å². The number of para-hydroxylation sites is 1. The van der Waals surface area contributed by atoms with E-state index in [4.69, 9.17) is 15.0 Å². The highest BCUT2D eigenvalue weighted by Gasteiger charge is 2.27. The summed E-state index contributed by atoms with van der Waals surface area (Å²) in [6, 6.07) is 56.6. The number of hydrogen-bond donors (Lipinski definition) is 0. The summed E-state index contributed by atoms with van der Waals surface area (Å²) in [5, 5.41) is 11.9. The van der Waals surface area contributed by atoms with Gasteiger partial charge in [0.05, 0.1) is 22.1 Å². The van der Waals surface area contributed by atoms with Crippen LogP contribution in [0, 0.1) is 0 Å². The topological polar surface area (TPSA) is 48.5 Å². The van der Waals surface area contributed by atoms with Crippen molar-refractivity contribution in [1.82, 2.24) is 24.1 Å². The molecule has 0 saturated carbocycles. The second kappa shape index (κ2) is 12.1. The van der Waals surface area contributed by atoms with E-state index in [-0.39, 0.29) is 5.92 Å². The average Bonchev–Trinajstić information content (AvgIpc) is 3.81. The van der Waals surface area contributed by atoms with Crippen LogP contribution in [0.1, 0.15) is 18.2 Å². The van der Waals surface area contributed by atoms with Gasteiger partial charge in [0.25, 0.3) is 0 Å². The minimum Gasteiger partial charge on any atom is -0.309 e. The van der Waals surface area contributed by atoms with Gasteiger partial charge in [-0.25, -0.2) is 4.98 Å². The van der Waals surface area contributed by atoms with Crippen molar-refractivity contribution in [2.24, 2.45) is 0 Å². The fraction of sp³-hybridized carbons (Fsp3) is 0.0392. The highest BCUT2D eigenvalue weighted by atomic mass is 15.2. The highest BCUT2D eigenvalue weighted by Crippen LogP contribution is 2.47. The molecule has 0 saturated heterocycles. The number of allylic oxidation sites excluding steroid dienone is 4. The Morgan fingerprint density at radius 2 is 1.09 bits per heavy atom.